The van der Waals surface area contributed by atoms with Crippen LogP contribution in [0.25, 0.3) is 10.9 Å². The van der Waals surface area contributed by atoms with E-state index >= 15 is 0 Å². The van der Waals surface area contributed by atoms with Crippen LogP contribution in [-0.2, 0) is 6.42 Å². The first-order valence-electron chi connectivity index (χ1n) is 4.37. The maximum Gasteiger partial charge on any atom is 0.0661 e. The number of hydrogen-bond acceptors (Lipinski definition) is 1. The standard InChI is InChI=1S/C10H10Cl2N2/c11-7-3-8-6(1-2-13)5-14-10(8)9(12)4-7/h3-5,14H,1-2,13H2. The van der Waals surface area contributed by atoms with Crippen molar-refractivity contribution in [2.24, 2.45) is 5.73 Å². The molecule has 0 unspecified atom stereocenters. The molecular formula is C10H10Cl2N2. The Balaban J connectivity index is 2.66. The molecule has 3 N–H and O–H groups in total. The molecule has 14 heavy (non-hydrogen) atoms. The molecule has 1 aromatic heterocycles. The van der Waals surface area contributed by atoms with Gasteiger partial charge >= 0.3 is 0 Å². The minimum atomic E-state index is 0.622. The molecule has 2 aromatic rings. The monoisotopic (exact) mass is 228 g/mol. The van der Waals surface area contributed by atoms with Crippen LogP contribution in [0.1, 0.15) is 5.56 Å². The molecule has 0 amide bonds. The molecule has 0 aliphatic rings. The number of fused-ring (bicyclic) bond motifs is 1. The van der Waals surface area contributed by atoms with Gasteiger partial charge in [0, 0.05) is 16.6 Å². The molecule has 1 heterocycles. The van der Waals surface area contributed by atoms with Gasteiger partial charge in [-0.2, -0.15) is 0 Å². The van der Waals surface area contributed by atoms with E-state index < -0.39 is 0 Å². The van der Waals surface area contributed by atoms with Crippen molar-refractivity contribution in [3.63, 3.8) is 0 Å². The number of aromatic amines is 1. The molecule has 1 aromatic carbocycles. The van der Waals surface area contributed by atoms with Gasteiger partial charge in [-0.15, -0.1) is 0 Å². The molecule has 0 saturated carbocycles. The van der Waals surface area contributed by atoms with Gasteiger partial charge in [0.2, 0.25) is 0 Å². The highest BCUT2D eigenvalue weighted by Crippen LogP contribution is 2.29. The fourth-order valence-corrected chi connectivity index (χ4v) is 2.12. The summed E-state index contributed by atoms with van der Waals surface area (Å²) in [6.45, 7) is 0.622. The fraction of sp³-hybridized carbons (Fsp3) is 0.200. The first kappa shape index (κ1) is 9.84. The van der Waals surface area contributed by atoms with Gasteiger partial charge in [0.05, 0.1) is 10.5 Å². The van der Waals surface area contributed by atoms with Gasteiger partial charge in [-0.05, 0) is 30.7 Å². The highest BCUT2D eigenvalue weighted by Gasteiger charge is 2.07. The smallest absolute Gasteiger partial charge is 0.0661 e. The van der Waals surface area contributed by atoms with E-state index in [4.69, 9.17) is 28.9 Å². The SMILES string of the molecule is NCCc1c[nH]c2c(Cl)cc(Cl)cc12. The maximum atomic E-state index is 6.03. The van der Waals surface area contributed by atoms with E-state index in [1.807, 2.05) is 12.3 Å². The van der Waals surface area contributed by atoms with Crippen LogP contribution >= 0.6 is 23.2 Å². The fourth-order valence-electron chi connectivity index (χ4n) is 1.57. The Kier molecular flexibility index (Phi) is 2.68. The van der Waals surface area contributed by atoms with Crippen LogP contribution in [-0.4, -0.2) is 11.5 Å². The Morgan fingerprint density at radius 1 is 1.29 bits per heavy atom. The van der Waals surface area contributed by atoms with Crippen LogP contribution < -0.4 is 5.73 Å². The second-order valence-corrected chi connectivity index (χ2v) is 4.01. The number of nitrogens with two attached hydrogens (primary N) is 1. The molecule has 4 heteroatoms. The highest BCUT2D eigenvalue weighted by molar-refractivity contribution is 6.38. The average Bonchev–Trinajstić information content (AvgIpc) is 2.49. The number of benzene rings is 1. The van der Waals surface area contributed by atoms with Gasteiger partial charge in [0.1, 0.15) is 0 Å². The average molecular weight is 229 g/mol. The molecule has 0 atom stereocenters. The van der Waals surface area contributed by atoms with Crippen molar-refractivity contribution in [1.29, 1.82) is 0 Å². The van der Waals surface area contributed by atoms with E-state index in [0.29, 0.717) is 16.6 Å². The van der Waals surface area contributed by atoms with E-state index in [9.17, 15) is 0 Å². The summed E-state index contributed by atoms with van der Waals surface area (Å²) >= 11 is 12.0. The Hall–Kier alpha value is -0.700. The number of aromatic nitrogens is 1. The lowest BCUT2D eigenvalue weighted by Crippen LogP contribution is -2.01. The van der Waals surface area contributed by atoms with Crippen LogP contribution in [0, 0.1) is 0 Å². The van der Waals surface area contributed by atoms with Gasteiger partial charge in [-0.25, -0.2) is 0 Å². The lowest BCUT2D eigenvalue weighted by atomic mass is 10.1. The Labute approximate surface area is 92.0 Å². The van der Waals surface area contributed by atoms with Gasteiger partial charge < -0.3 is 10.7 Å². The molecule has 0 fully saturated rings. The van der Waals surface area contributed by atoms with E-state index in [-0.39, 0.29) is 0 Å². The molecule has 0 bridgehead atoms. The summed E-state index contributed by atoms with van der Waals surface area (Å²) in [6, 6.07) is 3.64. The Morgan fingerprint density at radius 2 is 2.07 bits per heavy atom. The Morgan fingerprint density at radius 3 is 2.79 bits per heavy atom. The summed E-state index contributed by atoms with van der Waals surface area (Å²) in [5.41, 5.74) is 7.60. The number of H-pyrrole nitrogens is 1. The first-order valence-corrected chi connectivity index (χ1v) is 5.13. The minimum absolute atomic E-state index is 0.622. The third-order valence-electron chi connectivity index (χ3n) is 2.21. The highest BCUT2D eigenvalue weighted by atomic mass is 35.5. The van der Waals surface area contributed by atoms with Crippen LogP contribution in [0.5, 0.6) is 0 Å². The van der Waals surface area contributed by atoms with Gasteiger partial charge in [-0.3, -0.25) is 0 Å². The second-order valence-electron chi connectivity index (χ2n) is 3.16. The van der Waals surface area contributed by atoms with Crippen molar-refractivity contribution < 1.29 is 0 Å². The van der Waals surface area contributed by atoms with Crippen molar-refractivity contribution >= 4 is 34.1 Å². The lowest BCUT2D eigenvalue weighted by Gasteiger charge is -1.98. The number of hydrogen-bond donors (Lipinski definition) is 2. The zero-order chi connectivity index (χ0) is 10.1. The molecule has 0 aliphatic heterocycles. The lowest BCUT2D eigenvalue weighted by molar-refractivity contribution is 0.976. The number of nitrogens with one attached hydrogen (secondary N) is 1. The van der Waals surface area contributed by atoms with Gasteiger partial charge in [0.15, 0.2) is 0 Å². The van der Waals surface area contributed by atoms with Crippen LogP contribution in [0.2, 0.25) is 10.0 Å². The molecule has 0 radical (unpaired) electrons. The van der Waals surface area contributed by atoms with Crippen molar-refractivity contribution in [1.82, 2.24) is 4.98 Å². The van der Waals surface area contributed by atoms with Crippen LogP contribution in [0.4, 0.5) is 0 Å². The summed E-state index contributed by atoms with van der Waals surface area (Å²) < 4.78 is 0. The predicted octanol–water partition coefficient (Wildman–Crippen LogP) is 2.98. The summed E-state index contributed by atoms with van der Waals surface area (Å²) in [7, 11) is 0. The van der Waals surface area contributed by atoms with Crippen molar-refractivity contribution in [3.8, 4) is 0 Å². The normalized spacial score (nSPS) is 11.1. The molecular weight excluding hydrogens is 219 g/mol. The molecule has 0 saturated heterocycles. The largest absolute Gasteiger partial charge is 0.360 e. The van der Waals surface area contributed by atoms with Crippen molar-refractivity contribution in [2.45, 2.75) is 6.42 Å². The second kappa shape index (κ2) is 3.81. The van der Waals surface area contributed by atoms with E-state index in [2.05, 4.69) is 4.98 Å². The number of halogens is 2. The first-order chi connectivity index (χ1) is 6.72. The van der Waals surface area contributed by atoms with E-state index in [1.165, 1.54) is 0 Å². The third kappa shape index (κ3) is 1.61. The Bertz CT molecular complexity index is 462. The topological polar surface area (TPSA) is 41.8 Å². The maximum absolute atomic E-state index is 6.03. The summed E-state index contributed by atoms with van der Waals surface area (Å²) in [4.78, 5) is 3.12. The zero-order valence-electron chi connectivity index (χ0n) is 7.48. The molecule has 74 valence electrons. The van der Waals surface area contributed by atoms with Crippen molar-refractivity contribution in [3.05, 3.63) is 33.9 Å². The summed E-state index contributed by atoms with van der Waals surface area (Å²) in [6.07, 6.45) is 2.76. The molecule has 0 spiro atoms. The van der Waals surface area contributed by atoms with E-state index in [0.717, 1.165) is 22.9 Å². The van der Waals surface area contributed by atoms with E-state index in [1.54, 1.807) is 6.07 Å². The third-order valence-corrected chi connectivity index (χ3v) is 2.72. The van der Waals surface area contributed by atoms with Gasteiger partial charge in [0.25, 0.3) is 0 Å². The molecule has 0 aliphatic carbocycles. The zero-order valence-corrected chi connectivity index (χ0v) is 8.99. The van der Waals surface area contributed by atoms with Crippen molar-refractivity contribution in [2.75, 3.05) is 6.54 Å². The molecule has 2 nitrogen and oxygen atoms in total. The summed E-state index contributed by atoms with van der Waals surface area (Å²) in [5, 5.41) is 2.36. The molecule has 2 rings (SSSR count). The summed E-state index contributed by atoms with van der Waals surface area (Å²) in [5.74, 6) is 0. The minimum Gasteiger partial charge on any atom is -0.360 e. The quantitative estimate of drug-likeness (QED) is 0.816. The predicted molar refractivity (Wildman–Crippen MR) is 61.1 cm³/mol. The van der Waals surface area contributed by atoms with Crippen LogP contribution in [0.15, 0.2) is 18.3 Å². The van der Waals surface area contributed by atoms with Gasteiger partial charge in [-0.1, -0.05) is 23.2 Å². The number of rotatable bonds is 2. The van der Waals surface area contributed by atoms with Crippen LogP contribution in [0.3, 0.4) is 0 Å².